The number of hydrogen-bond donors (Lipinski definition) is 1. The van der Waals surface area contributed by atoms with Gasteiger partial charge in [-0.3, -0.25) is 4.79 Å². The molecule has 3 aromatic rings. The van der Waals surface area contributed by atoms with Crippen LogP contribution in [0, 0.1) is 0 Å². The minimum atomic E-state index is -0.383. The van der Waals surface area contributed by atoms with Crippen LogP contribution < -0.4 is 10.1 Å². The van der Waals surface area contributed by atoms with Crippen LogP contribution in [-0.4, -0.2) is 18.5 Å². The number of hydrogen-bond acceptors (Lipinski definition) is 4. The van der Waals surface area contributed by atoms with E-state index in [1.54, 1.807) is 37.3 Å². The van der Waals surface area contributed by atoms with Gasteiger partial charge >= 0.3 is 5.97 Å². The van der Waals surface area contributed by atoms with Crippen molar-refractivity contribution in [1.29, 1.82) is 0 Å². The maximum absolute atomic E-state index is 12.1. The van der Waals surface area contributed by atoms with Gasteiger partial charge in [-0.1, -0.05) is 42.5 Å². The highest BCUT2D eigenvalue weighted by molar-refractivity contribution is 6.02. The third-order valence-electron chi connectivity index (χ3n) is 4.22. The number of esters is 1. The van der Waals surface area contributed by atoms with E-state index in [4.69, 9.17) is 9.47 Å². The molecule has 0 unspecified atom stereocenters. The Hall–Kier alpha value is -3.86. The molecule has 3 rings (SSSR count). The van der Waals surface area contributed by atoms with Gasteiger partial charge in [-0.25, -0.2) is 4.79 Å². The molecule has 1 amide bonds. The zero-order valence-electron chi connectivity index (χ0n) is 16.7. The summed E-state index contributed by atoms with van der Waals surface area (Å²) in [5.74, 6) is 0.122. The first kappa shape index (κ1) is 20.9. The molecule has 0 atom stereocenters. The lowest BCUT2D eigenvalue weighted by molar-refractivity contribution is -0.111. The number of carbonyl (C=O) groups excluding carboxylic acids is 2. The number of nitrogens with one attached hydrogen (secondary N) is 1. The van der Waals surface area contributed by atoms with Gasteiger partial charge in [-0.05, 0) is 60.5 Å². The van der Waals surface area contributed by atoms with Crippen LogP contribution in [-0.2, 0) is 16.1 Å². The Morgan fingerprint density at radius 1 is 0.900 bits per heavy atom. The summed E-state index contributed by atoms with van der Waals surface area (Å²) >= 11 is 0. The Morgan fingerprint density at radius 3 is 2.27 bits per heavy atom. The van der Waals surface area contributed by atoms with Crippen molar-refractivity contribution in [2.45, 2.75) is 13.5 Å². The van der Waals surface area contributed by atoms with Crippen molar-refractivity contribution < 1.29 is 19.1 Å². The quantitative estimate of drug-likeness (QED) is 0.422. The van der Waals surface area contributed by atoms with Crippen molar-refractivity contribution in [2.24, 2.45) is 0 Å². The Balaban J connectivity index is 1.50. The number of ether oxygens (including phenoxy) is 2. The van der Waals surface area contributed by atoms with Gasteiger partial charge in [0.05, 0.1) is 12.2 Å². The molecular weight excluding hydrogens is 378 g/mol. The summed E-state index contributed by atoms with van der Waals surface area (Å²) in [6.45, 7) is 2.58. The van der Waals surface area contributed by atoms with E-state index in [9.17, 15) is 9.59 Å². The lowest BCUT2D eigenvalue weighted by Gasteiger charge is -2.06. The first-order valence-electron chi connectivity index (χ1n) is 9.67. The molecule has 0 bridgehead atoms. The zero-order chi connectivity index (χ0) is 21.2. The molecule has 0 aliphatic carbocycles. The second kappa shape index (κ2) is 10.6. The van der Waals surface area contributed by atoms with Gasteiger partial charge in [0.2, 0.25) is 5.91 Å². The highest BCUT2D eigenvalue weighted by Crippen LogP contribution is 2.15. The molecule has 0 radical (unpaired) electrons. The van der Waals surface area contributed by atoms with E-state index in [0.29, 0.717) is 24.5 Å². The van der Waals surface area contributed by atoms with Crippen LogP contribution in [0.25, 0.3) is 6.08 Å². The number of amides is 1. The maximum Gasteiger partial charge on any atom is 0.338 e. The van der Waals surface area contributed by atoms with Gasteiger partial charge in [0.1, 0.15) is 12.4 Å². The fourth-order valence-electron chi connectivity index (χ4n) is 2.68. The van der Waals surface area contributed by atoms with E-state index in [1.807, 2.05) is 54.6 Å². The summed E-state index contributed by atoms with van der Waals surface area (Å²) < 4.78 is 10.7. The molecule has 0 aliphatic rings. The smallest absolute Gasteiger partial charge is 0.338 e. The second-order valence-corrected chi connectivity index (χ2v) is 6.46. The molecule has 0 fully saturated rings. The Kier molecular flexibility index (Phi) is 7.39. The average Bonchev–Trinajstić information content (AvgIpc) is 2.78. The number of rotatable bonds is 8. The molecule has 30 heavy (non-hydrogen) atoms. The van der Waals surface area contributed by atoms with Crippen LogP contribution in [0.4, 0.5) is 5.69 Å². The van der Waals surface area contributed by atoms with Gasteiger partial charge in [0, 0.05) is 11.8 Å². The molecular formula is C25H23NO4. The van der Waals surface area contributed by atoms with Gasteiger partial charge in [0.15, 0.2) is 0 Å². The summed E-state index contributed by atoms with van der Waals surface area (Å²) in [5.41, 5.74) is 3.03. The number of benzene rings is 3. The topological polar surface area (TPSA) is 64.6 Å². The standard InChI is InChI=1S/C25H23NO4/c1-2-29-25(28)21-11-13-22(14-12-21)26-24(27)17-10-19-8-15-23(16-9-19)30-18-20-6-4-3-5-7-20/h3-17H,2,18H2,1H3,(H,26,27). The van der Waals surface area contributed by atoms with Crippen LogP contribution in [0.15, 0.2) is 84.9 Å². The van der Waals surface area contributed by atoms with Crippen molar-refractivity contribution >= 4 is 23.6 Å². The molecule has 0 aromatic heterocycles. The molecule has 1 N–H and O–H groups in total. The van der Waals surface area contributed by atoms with Crippen LogP contribution in [0.1, 0.15) is 28.4 Å². The van der Waals surface area contributed by atoms with E-state index in [-0.39, 0.29) is 11.9 Å². The van der Waals surface area contributed by atoms with Gasteiger partial charge in [-0.15, -0.1) is 0 Å². The normalized spacial score (nSPS) is 10.6. The van der Waals surface area contributed by atoms with E-state index in [0.717, 1.165) is 16.9 Å². The van der Waals surface area contributed by atoms with Crippen molar-refractivity contribution in [3.8, 4) is 5.75 Å². The lowest BCUT2D eigenvalue weighted by Crippen LogP contribution is -2.08. The second-order valence-electron chi connectivity index (χ2n) is 6.46. The maximum atomic E-state index is 12.1. The number of anilines is 1. The van der Waals surface area contributed by atoms with E-state index < -0.39 is 0 Å². The van der Waals surface area contributed by atoms with Gasteiger partial charge in [-0.2, -0.15) is 0 Å². The van der Waals surface area contributed by atoms with E-state index in [2.05, 4.69) is 5.32 Å². The van der Waals surface area contributed by atoms with E-state index >= 15 is 0 Å². The van der Waals surface area contributed by atoms with Crippen molar-refractivity contribution in [2.75, 3.05) is 11.9 Å². The minimum absolute atomic E-state index is 0.261. The molecule has 152 valence electrons. The highest BCUT2D eigenvalue weighted by atomic mass is 16.5. The summed E-state index contributed by atoms with van der Waals surface area (Å²) in [4.78, 5) is 23.8. The van der Waals surface area contributed by atoms with E-state index in [1.165, 1.54) is 6.08 Å². The number of carbonyl (C=O) groups is 2. The molecule has 0 spiro atoms. The molecule has 5 heteroatoms. The predicted molar refractivity (Wildman–Crippen MR) is 117 cm³/mol. The molecule has 0 saturated heterocycles. The monoisotopic (exact) mass is 401 g/mol. The summed E-state index contributed by atoms with van der Waals surface area (Å²) in [5, 5.41) is 2.76. The third kappa shape index (κ3) is 6.34. The SMILES string of the molecule is CCOC(=O)c1ccc(NC(=O)C=Cc2ccc(OCc3ccccc3)cc2)cc1. The lowest BCUT2D eigenvalue weighted by atomic mass is 10.2. The largest absolute Gasteiger partial charge is 0.489 e. The van der Waals surface area contributed by atoms with Crippen molar-refractivity contribution in [3.05, 3.63) is 102 Å². The molecule has 0 heterocycles. The Labute approximate surface area is 176 Å². The van der Waals surface area contributed by atoms with Crippen molar-refractivity contribution in [1.82, 2.24) is 0 Å². The summed E-state index contributed by atoms with van der Waals surface area (Å²) in [6.07, 6.45) is 3.18. The fraction of sp³-hybridized carbons (Fsp3) is 0.120. The van der Waals surface area contributed by atoms with Crippen LogP contribution in [0.5, 0.6) is 5.75 Å². The summed E-state index contributed by atoms with van der Waals surface area (Å²) in [6, 6.07) is 24.0. The van der Waals surface area contributed by atoms with Crippen LogP contribution in [0.2, 0.25) is 0 Å². The van der Waals surface area contributed by atoms with Crippen LogP contribution >= 0.6 is 0 Å². The van der Waals surface area contributed by atoms with Crippen LogP contribution in [0.3, 0.4) is 0 Å². The minimum Gasteiger partial charge on any atom is -0.489 e. The predicted octanol–water partition coefficient (Wildman–Crippen LogP) is 5.09. The van der Waals surface area contributed by atoms with Crippen molar-refractivity contribution in [3.63, 3.8) is 0 Å². The Bertz CT molecular complexity index is 994. The molecule has 5 nitrogen and oxygen atoms in total. The molecule has 0 aliphatic heterocycles. The average molecular weight is 401 g/mol. The molecule has 0 saturated carbocycles. The first-order valence-corrected chi connectivity index (χ1v) is 9.67. The van der Waals surface area contributed by atoms with Gasteiger partial charge < -0.3 is 14.8 Å². The Morgan fingerprint density at radius 2 is 1.60 bits per heavy atom. The zero-order valence-corrected chi connectivity index (χ0v) is 16.7. The molecule has 3 aromatic carbocycles. The fourth-order valence-corrected chi connectivity index (χ4v) is 2.68. The first-order chi connectivity index (χ1) is 14.6. The highest BCUT2D eigenvalue weighted by Gasteiger charge is 2.06. The van der Waals surface area contributed by atoms with Gasteiger partial charge in [0.25, 0.3) is 0 Å². The third-order valence-corrected chi connectivity index (χ3v) is 4.22. The summed E-state index contributed by atoms with van der Waals surface area (Å²) in [7, 11) is 0.